The number of fused-ring (bicyclic) bond motifs is 1. The quantitative estimate of drug-likeness (QED) is 0.400. The highest BCUT2D eigenvalue weighted by atomic mass is 32.2. The number of nitro groups is 1. The largest absolute Gasteiger partial charge is 0.382 e. The van der Waals surface area contributed by atoms with Gasteiger partial charge in [0.05, 0.1) is 36.2 Å². The summed E-state index contributed by atoms with van der Waals surface area (Å²) >= 11 is 0. The van der Waals surface area contributed by atoms with Gasteiger partial charge >= 0.3 is 0 Å². The Bertz CT molecular complexity index is 646. The smallest absolute Gasteiger partial charge is 0.271 e. The molecule has 8 nitrogen and oxygen atoms in total. The molecule has 0 fully saturated rings. The SMILES string of the molecule is COCCOCCS(=O)(=O)N1CCc2ccc([N+](=O)[O-])cc21. The molecule has 0 amide bonds. The van der Waals surface area contributed by atoms with E-state index in [-0.39, 0.29) is 18.0 Å². The molecular formula is C13H18N2O6S. The lowest BCUT2D eigenvalue weighted by molar-refractivity contribution is -0.384. The molecule has 1 aliphatic rings. The first kappa shape index (κ1) is 16.7. The maximum absolute atomic E-state index is 12.4. The summed E-state index contributed by atoms with van der Waals surface area (Å²) in [5.41, 5.74) is 1.08. The Morgan fingerprint density at radius 3 is 2.77 bits per heavy atom. The van der Waals surface area contributed by atoms with Crippen LogP contribution in [0.15, 0.2) is 18.2 Å². The van der Waals surface area contributed by atoms with Gasteiger partial charge in [-0.2, -0.15) is 0 Å². The lowest BCUT2D eigenvalue weighted by Gasteiger charge is -2.19. The molecule has 0 saturated carbocycles. The number of hydrogen-bond donors (Lipinski definition) is 0. The molecule has 22 heavy (non-hydrogen) atoms. The molecule has 0 bridgehead atoms. The van der Waals surface area contributed by atoms with Crippen LogP contribution in [0, 0.1) is 10.1 Å². The summed E-state index contributed by atoms with van der Waals surface area (Å²) in [5.74, 6) is -0.168. The summed E-state index contributed by atoms with van der Waals surface area (Å²) in [6.45, 7) is 1.09. The lowest BCUT2D eigenvalue weighted by atomic mass is 10.1. The molecule has 1 aromatic carbocycles. The van der Waals surface area contributed by atoms with Gasteiger partial charge in [0.15, 0.2) is 0 Å². The molecular weight excluding hydrogens is 312 g/mol. The van der Waals surface area contributed by atoms with Crippen LogP contribution in [0.25, 0.3) is 0 Å². The van der Waals surface area contributed by atoms with Crippen LogP contribution in [0.3, 0.4) is 0 Å². The maximum atomic E-state index is 12.4. The van der Waals surface area contributed by atoms with E-state index < -0.39 is 14.9 Å². The third kappa shape index (κ3) is 3.73. The van der Waals surface area contributed by atoms with E-state index in [4.69, 9.17) is 9.47 Å². The summed E-state index contributed by atoms with van der Waals surface area (Å²) in [6, 6.07) is 4.31. The van der Waals surface area contributed by atoms with Gasteiger partial charge in [-0.1, -0.05) is 6.07 Å². The number of non-ortho nitro benzene ring substituents is 1. The molecule has 1 heterocycles. The summed E-state index contributed by atoms with van der Waals surface area (Å²) in [4.78, 5) is 10.3. The molecule has 0 saturated heterocycles. The zero-order chi connectivity index (χ0) is 16.2. The lowest BCUT2D eigenvalue weighted by Crippen LogP contribution is -2.33. The minimum atomic E-state index is -3.56. The van der Waals surface area contributed by atoms with Gasteiger partial charge in [0, 0.05) is 25.8 Å². The van der Waals surface area contributed by atoms with Crippen molar-refractivity contribution >= 4 is 21.4 Å². The zero-order valence-electron chi connectivity index (χ0n) is 12.2. The summed E-state index contributed by atoms with van der Waals surface area (Å²) in [6.07, 6.45) is 0.553. The third-order valence-corrected chi connectivity index (χ3v) is 5.12. The first-order chi connectivity index (χ1) is 10.5. The van der Waals surface area contributed by atoms with E-state index in [9.17, 15) is 18.5 Å². The van der Waals surface area contributed by atoms with Crippen molar-refractivity contribution in [3.05, 3.63) is 33.9 Å². The fourth-order valence-corrected chi connectivity index (χ4v) is 3.65. The minimum absolute atomic E-state index is 0.0620. The van der Waals surface area contributed by atoms with E-state index in [0.29, 0.717) is 31.9 Å². The number of anilines is 1. The Morgan fingerprint density at radius 2 is 2.09 bits per heavy atom. The third-order valence-electron chi connectivity index (χ3n) is 3.39. The van der Waals surface area contributed by atoms with Crippen molar-refractivity contribution in [1.82, 2.24) is 0 Å². The number of nitro benzene ring substituents is 1. The van der Waals surface area contributed by atoms with Gasteiger partial charge in [-0.15, -0.1) is 0 Å². The number of sulfonamides is 1. The highest BCUT2D eigenvalue weighted by Crippen LogP contribution is 2.33. The first-order valence-corrected chi connectivity index (χ1v) is 8.41. The molecule has 122 valence electrons. The average molecular weight is 330 g/mol. The number of hydrogen-bond acceptors (Lipinski definition) is 6. The number of ether oxygens (including phenoxy) is 2. The standard InChI is InChI=1S/C13H18N2O6S/c1-20-6-7-21-8-9-22(18,19)14-5-4-11-2-3-12(15(16)17)10-13(11)14/h2-3,10H,4-9H2,1H3. The van der Waals surface area contributed by atoms with Crippen LogP contribution in [0.4, 0.5) is 11.4 Å². The van der Waals surface area contributed by atoms with E-state index >= 15 is 0 Å². The molecule has 0 radical (unpaired) electrons. The van der Waals surface area contributed by atoms with Crippen LogP contribution in [0.1, 0.15) is 5.56 Å². The van der Waals surface area contributed by atoms with Crippen molar-refractivity contribution < 1.29 is 22.8 Å². The van der Waals surface area contributed by atoms with E-state index in [1.807, 2.05) is 0 Å². The highest BCUT2D eigenvalue weighted by molar-refractivity contribution is 7.92. The van der Waals surface area contributed by atoms with Crippen molar-refractivity contribution in [3.8, 4) is 0 Å². The van der Waals surface area contributed by atoms with Crippen molar-refractivity contribution in [1.29, 1.82) is 0 Å². The van der Waals surface area contributed by atoms with Crippen LogP contribution in [-0.4, -0.2) is 52.6 Å². The molecule has 0 aliphatic carbocycles. The average Bonchev–Trinajstić information content (AvgIpc) is 2.90. The zero-order valence-corrected chi connectivity index (χ0v) is 13.0. The van der Waals surface area contributed by atoms with Crippen LogP contribution < -0.4 is 4.31 Å². The van der Waals surface area contributed by atoms with E-state index in [1.54, 1.807) is 6.07 Å². The second-order valence-electron chi connectivity index (χ2n) is 4.81. The van der Waals surface area contributed by atoms with Crippen molar-refractivity contribution in [2.45, 2.75) is 6.42 Å². The second-order valence-corrected chi connectivity index (χ2v) is 6.83. The fourth-order valence-electron chi connectivity index (χ4n) is 2.26. The van der Waals surface area contributed by atoms with Crippen LogP contribution in [-0.2, 0) is 25.9 Å². The molecule has 0 spiro atoms. The summed E-state index contributed by atoms with van der Waals surface area (Å²) in [7, 11) is -2.02. The highest BCUT2D eigenvalue weighted by Gasteiger charge is 2.30. The van der Waals surface area contributed by atoms with E-state index in [0.717, 1.165) is 5.56 Å². The van der Waals surface area contributed by atoms with Crippen molar-refractivity contribution in [2.75, 3.05) is 43.5 Å². The molecule has 1 aliphatic heterocycles. The monoisotopic (exact) mass is 330 g/mol. The molecule has 2 rings (SSSR count). The Balaban J connectivity index is 2.08. The fraction of sp³-hybridized carbons (Fsp3) is 0.538. The van der Waals surface area contributed by atoms with E-state index in [2.05, 4.69) is 0 Å². The predicted molar refractivity (Wildman–Crippen MR) is 80.6 cm³/mol. The van der Waals surface area contributed by atoms with Gasteiger partial charge in [0.25, 0.3) is 5.69 Å². The van der Waals surface area contributed by atoms with Gasteiger partial charge in [-0.25, -0.2) is 8.42 Å². The minimum Gasteiger partial charge on any atom is -0.382 e. The molecule has 0 aromatic heterocycles. The number of methoxy groups -OCH3 is 1. The van der Waals surface area contributed by atoms with E-state index in [1.165, 1.54) is 23.5 Å². The first-order valence-electron chi connectivity index (χ1n) is 6.80. The van der Waals surface area contributed by atoms with Crippen molar-refractivity contribution in [2.24, 2.45) is 0 Å². The molecule has 1 aromatic rings. The predicted octanol–water partition coefficient (Wildman–Crippen LogP) is 0.950. The number of nitrogens with zero attached hydrogens (tertiary/aromatic N) is 2. The van der Waals surface area contributed by atoms with Crippen LogP contribution >= 0.6 is 0 Å². The molecule has 0 unspecified atom stereocenters. The molecule has 0 atom stereocenters. The van der Waals surface area contributed by atoms with Gasteiger partial charge < -0.3 is 9.47 Å². The molecule has 0 N–H and O–H groups in total. The Kier molecular flexibility index (Phi) is 5.33. The maximum Gasteiger partial charge on any atom is 0.271 e. The normalized spacial score (nSPS) is 14.1. The Labute approximate surface area is 128 Å². The summed E-state index contributed by atoms with van der Waals surface area (Å²) < 4.78 is 35.9. The van der Waals surface area contributed by atoms with Crippen LogP contribution in [0.5, 0.6) is 0 Å². The number of benzene rings is 1. The Morgan fingerprint density at radius 1 is 1.32 bits per heavy atom. The summed E-state index contributed by atoms with van der Waals surface area (Å²) in [5, 5.41) is 10.8. The molecule has 9 heteroatoms. The number of rotatable bonds is 8. The van der Waals surface area contributed by atoms with Gasteiger partial charge in [-0.3, -0.25) is 14.4 Å². The Hall–Kier alpha value is -1.71. The second kappa shape index (κ2) is 7.03. The van der Waals surface area contributed by atoms with Gasteiger partial charge in [-0.05, 0) is 12.0 Å². The van der Waals surface area contributed by atoms with Gasteiger partial charge in [0.2, 0.25) is 10.0 Å². The van der Waals surface area contributed by atoms with Gasteiger partial charge in [0.1, 0.15) is 0 Å². The van der Waals surface area contributed by atoms with Crippen molar-refractivity contribution in [3.63, 3.8) is 0 Å². The topological polar surface area (TPSA) is 99.0 Å². The van der Waals surface area contributed by atoms with Crippen LogP contribution in [0.2, 0.25) is 0 Å².